The van der Waals surface area contributed by atoms with E-state index in [4.69, 9.17) is 5.11 Å². The Bertz CT molecular complexity index is 217. The van der Waals surface area contributed by atoms with E-state index >= 15 is 0 Å². The van der Waals surface area contributed by atoms with Crippen molar-refractivity contribution in [2.24, 2.45) is 5.92 Å². The van der Waals surface area contributed by atoms with Crippen molar-refractivity contribution in [3.05, 3.63) is 0 Å². The van der Waals surface area contributed by atoms with Gasteiger partial charge in [0, 0.05) is 12.0 Å². The maximum absolute atomic E-state index is 11.1. The van der Waals surface area contributed by atoms with Crippen LogP contribution in [0.1, 0.15) is 13.8 Å². The zero-order valence-electron chi connectivity index (χ0n) is 7.00. The van der Waals surface area contributed by atoms with Crippen LogP contribution in [0, 0.1) is 5.92 Å². The van der Waals surface area contributed by atoms with E-state index in [9.17, 15) is 9.59 Å². The lowest BCUT2D eigenvalue weighted by Crippen LogP contribution is -2.42. The average molecular weight is 172 g/mol. The third-order valence-electron chi connectivity index (χ3n) is 2.25. The lowest BCUT2D eigenvalue weighted by molar-refractivity contribution is -0.121. The van der Waals surface area contributed by atoms with Crippen LogP contribution in [-0.2, 0) is 4.79 Å². The van der Waals surface area contributed by atoms with Crippen molar-refractivity contribution in [1.82, 2.24) is 10.6 Å². The molecule has 2 amide bonds. The van der Waals surface area contributed by atoms with Crippen LogP contribution >= 0.6 is 0 Å². The number of hydrogen-bond acceptors (Lipinski definition) is 2. The minimum Gasteiger partial charge on any atom is -0.465 e. The Morgan fingerprint density at radius 1 is 1.58 bits per heavy atom. The molecule has 0 aliphatic carbocycles. The van der Waals surface area contributed by atoms with Crippen LogP contribution in [0.3, 0.4) is 0 Å². The first-order chi connectivity index (χ1) is 5.52. The fourth-order valence-corrected chi connectivity index (χ4v) is 1.30. The van der Waals surface area contributed by atoms with Crippen molar-refractivity contribution in [3.8, 4) is 0 Å². The van der Waals surface area contributed by atoms with E-state index in [1.165, 1.54) is 0 Å². The number of rotatable bonds is 1. The zero-order chi connectivity index (χ0) is 9.30. The summed E-state index contributed by atoms with van der Waals surface area (Å²) in [4.78, 5) is 21.4. The summed E-state index contributed by atoms with van der Waals surface area (Å²) < 4.78 is 0. The van der Waals surface area contributed by atoms with E-state index in [1.54, 1.807) is 0 Å². The van der Waals surface area contributed by atoms with Gasteiger partial charge in [0.2, 0.25) is 5.91 Å². The number of hydrogen-bond donors (Lipinski definition) is 3. The molecule has 1 aliphatic rings. The third-order valence-corrected chi connectivity index (χ3v) is 2.25. The molecule has 0 unspecified atom stereocenters. The fourth-order valence-electron chi connectivity index (χ4n) is 1.30. The number of carboxylic acid groups (broad SMARTS) is 1. The van der Waals surface area contributed by atoms with Gasteiger partial charge in [0.15, 0.2) is 0 Å². The number of nitrogens with one attached hydrogen (secondary N) is 2. The largest absolute Gasteiger partial charge is 0.465 e. The summed E-state index contributed by atoms with van der Waals surface area (Å²) in [6.07, 6.45) is -1.16. The van der Waals surface area contributed by atoms with Crippen LogP contribution in [0.15, 0.2) is 0 Å². The zero-order valence-corrected chi connectivity index (χ0v) is 7.00. The second-order valence-corrected chi connectivity index (χ2v) is 3.08. The minimum absolute atomic E-state index is 0.00796. The molecular weight excluding hydrogens is 160 g/mol. The molecule has 0 aromatic rings. The molecule has 5 nitrogen and oxygen atoms in total. The highest BCUT2D eigenvalue weighted by Crippen LogP contribution is 2.15. The van der Waals surface area contributed by atoms with Crippen molar-refractivity contribution in [2.45, 2.75) is 25.9 Å². The van der Waals surface area contributed by atoms with E-state index in [0.717, 1.165) is 0 Å². The highest BCUT2D eigenvalue weighted by molar-refractivity contribution is 5.87. The lowest BCUT2D eigenvalue weighted by atomic mass is 10.0. The van der Waals surface area contributed by atoms with Crippen LogP contribution in [0.4, 0.5) is 4.79 Å². The minimum atomic E-state index is -1.16. The summed E-state index contributed by atoms with van der Waals surface area (Å²) >= 11 is 0. The van der Waals surface area contributed by atoms with Gasteiger partial charge in [-0.2, -0.15) is 0 Å². The lowest BCUT2D eigenvalue weighted by Gasteiger charge is -2.13. The van der Waals surface area contributed by atoms with Crippen LogP contribution in [0.2, 0.25) is 0 Å². The highest BCUT2D eigenvalue weighted by Gasteiger charge is 2.37. The van der Waals surface area contributed by atoms with Gasteiger partial charge in [0.1, 0.15) is 6.04 Å². The SMILES string of the molecule is C[C@@H]1[C@@H](C)NC(=O)[C@@H]1NC(=O)O. The molecule has 0 aromatic carbocycles. The molecule has 12 heavy (non-hydrogen) atoms. The molecule has 1 saturated heterocycles. The highest BCUT2D eigenvalue weighted by atomic mass is 16.4. The quantitative estimate of drug-likeness (QED) is 0.511. The fraction of sp³-hybridized carbons (Fsp3) is 0.714. The summed E-state index contributed by atoms with van der Waals surface area (Å²) in [5.41, 5.74) is 0. The predicted octanol–water partition coefficient (Wildman–Crippen LogP) is -0.223. The summed E-state index contributed by atoms with van der Waals surface area (Å²) in [6.45, 7) is 3.69. The standard InChI is InChI=1S/C7H12N2O3/c1-3-4(2)8-6(10)5(3)9-7(11)12/h3-5,9H,1-2H3,(H,8,10)(H,11,12)/t3-,4-,5-/m1/s1. The Balaban J connectivity index is 2.63. The first kappa shape index (κ1) is 8.83. The van der Waals surface area contributed by atoms with E-state index in [2.05, 4.69) is 10.6 Å². The van der Waals surface area contributed by atoms with Gasteiger partial charge in [0.05, 0.1) is 0 Å². The Hall–Kier alpha value is -1.26. The molecule has 1 aliphatic heterocycles. The number of carbonyl (C=O) groups is 2. The van der Waals surface area contributed by atoms with Gasteiger partial charge >= 0.3 is 6.09 Å². The molecular formula is C7H12N2O3. The van der Waals surface area contributed by atoms with Gasteiger partial charge in [-0.25, -0.2) is 4.79 Å². The van der Waals surface area contributed by atoms with Crippen molar-refractivity contribution in [2.75, 3.05) is 0 Å². The molecule has 0 spiro atoms. The van der Waals surface area contributed by atoms with E-state index in [1.807, 2.05) is 13.8 Å². The monoisotopic (exact) mass is 172 g/mol. The maximum atomic E-state index is 11.1. The van der Waals surface area contributed by atoms with Crippen LogP contribution in [-0.4, -0.2) is 29.2 Å². The summed E-state index contributed by atoms with van der Waals surface area (Å²) in [5.74, 6) is -0.231. The van der Waals surface area contributed by atoms with E-state index in [0.29, 0.717) is 0 Å². The average Bonchev–Trinajstić information content (AvgIpc) is 2.16. The Morgan fingerprint density at radius 3 is 2.50 bits per heavy atom. The first-order valence-corrected chi connectivity index (χ1v) is 3.82. The molecule has 1 rings (SSSR count). The molecule has 3 N–H and O–H groups in total. The topological polar surface area (TPSA) is 78.4 Å². The molecule has 1 heterocycles. The number of amides is 2. The Morgan fingerprint density at radius 2 is 2.17 bits per heavy atom. The van der Waals surface area contributed by atoms with Gasteiger partial charge in [-0.15, -0.1) is 0 Å². The van der Waals surface area contributed by atoms with E-state index < -0.39 is 12.1 Å². The third kappa shape index (κ3) is 1.49. The smallest absolute Gasteiger partial charge is 0.405 e. The molecule has 0 radical (unpaired) electrons. The molecule has 68 valence electrons. The number of carbonyl (C=O) groups excluding carboxylic acids is 1. The first-order valence-electron chi connectivity index (χ1n) is 3.82. The summed E-state index contributed by atoms with van der Waals surface area (Å²) in [6, 6.07) is -0.563. The molecule has 0 bridgehead atoms. The molecule has 3 atom stereocenters. The van der Waals surface area contributed by atoms with Crippen LogP contribution in [0.5, 0.6) is 0 Å². The van der Waals surface area contributed by atoms with Gasteiger partial charge in [-0.3, -0.25) is 4.79 Å². The van der Waals surface area contributed by atoms with Gasteiger partial charge in [-0.05, 0) is 6.92 Å². The second-order valence-electron chi connectivity index (χ2n) is 3.08. The van der Waals surface area contributed by atoms with Gasteiger partial charge in [-0.1, -0.05) is 6.92 Å². The Kier molecular flexibility index (Phi) is 2.21. The normalized spacial score (nSPS) is 34.5. The van der Waals surface area contributed by atoms with Gasteiger partial charge in [0.25, 0.3) is 0 Å². The Labute approximate surface area is 70.1 Å². The molecule has 0 aromatic heterocycles. The predicted molar refractivity (Wildman–Crippen MR) is 41.7 cm³/mol. The van der Waals surface area contributed by atoms with Gasteiger partial charge < -0.3 is 15.7 Å². The second kappa shape index (κ2) is 3.00. The molecule has 0 saturated carbocycles. The van der Waals surface area contributed by atoms with E-state index in [-0.39, 0.29) is 17.9 Å². The van der Waals surface area contributed by atoms with Crippen LogP contribution in [0.25, 0.3) is 0 Å². The van der Waals surface area contributed by atoms with Crippen molar-refractivity contribution in [1.29, 1.82) is 0 Å². The van der Waals surface area contributed by atoms with Crippen LogP contribution < -0.4 is 10.6 Å². The summed E-state index contributed by atoms with van der Waals surface area (Å²) in [5, 5.41) is 13.2. The summed E-state index contributed by atoms with van der Waals surface area (Å²) in [7, 11) is 0. The van der Waals surface area contributed by atoms with Crippen molar-refractivity contribution < 1.29 is 14.7 Å². The molecule has 1 fully saturated rings. The van der Waals surface area contributed by atoms with Crippen molar-refractivity contribution in [3.63, 3.8) is 0 Å². The maximum Gasteiger partial charge on any atom is 0.405 e. The van der Waals surface area contributed by atoms with Crippen molar-refractivity contribution >= 4 is 12.0 Å². The molecule has 5 heteroatoms.